The Morgan fingerprint density at radius 1 is 1.50 bits per heavy atom. The Morgan fingerprint density at radius 2 is 2.33 bits per heavy atom. The average molecular weight is 247 g/mol. The second kappa shape index (κ2) is 4.43. The van der Waals surface area contributed by atoms with Gasteiger partial charge in [0.2, 0.25) is 5.91 Å². The van der Waals surface area contributed by atoms with E-state index >= 15 is 0 Å². The number of aromatic nitrogens is 1. The number of amides is 1. The molecule has 1 aromatic heterocycles. The summed E-state index contributed by atoms with van der Waals surface area (Å²) in [7, 11) is 0. The molecule has 0 bridgehead atoms. The van der Waals surface area contributed by atoms with E-state index in [1.807, 2.05) is 17.2 Å². The number of nitrogens with zero attached hydrogens (tertiary/aromatic N) is 1. The number of aromatic amines is 1. The van der Waals surface area contributed by atoms with Gasteiger partial charge in [0.1, 0.15) is 0 Å². The van der Waals surface area contributed by atoms with Gasteiger partial charge in [-0.05, 0) is 44.2 Å². The highest BCUT2D eigenvalue weighted by molar-refractivity contribution is 5.78. The zero-order chi connectivity index (χ0) is 12.6. The maximum Gasteiger partial charge on any atom is 0.224 e. The number of carbonyl (C=O) groups excluding carboxylic acids is 1. The van der Waals surface area contributed by atoms with Crippen LogP contribution < -0.4 is 5.73 Å². The van der Waals surface area contributed by atoms with Crippen molar-refractivity contribution in [2.45, 2.75) is 50.1 Å². The van der Waals surface area contributed by atoms with Crippen molar-refractivity contribution >= 4 is 5.91 Å². The van der Waals surface area contributed by atoms with Crippen molar-refractivity contribution in [3.63, 3.8) is 0 Å². The van der Waals surface area contributed by atoms with Crippen molar-refractivity contribution in [1.82, 2.24) is 9.88 Å². The quantitative estimate of drug-likeness (QED) is 0.857. The molecule has 4 nitrogen and oxygen atoms in total. The molecule has 4 heteroatoms. The predicted octanol–water partition coefficient (Wildman–Crippen LogP) is 1.95. The van der Waals surface area contributed by atoms with Crippen LogP contribution in [-0.2, 0) is 4.79 Å². The van der Waals surface area contributed by atoms with E-state index in [0.717, 1.165) is 37.9 Å². The van der Waals surface area contributed by atoms with Gasteiger partial charge in [-0.2, -0.15) is 0 Å². The minimum Gasteiger partial charge on any atom is -0.363 e. The van der Waals surface area contributed by atoms with E-state index in [0.29, 0.717) is 6.42 Å². The summed E-state index contributed by atoms with van der Waals surface area (Å²) in [5, 5.41) is 0. The van der Waals surface area contributed by atoms with Gasteiger partial charge in [-0.25, -0.2) is 0 Å². The van der Waals surface area contributed by atoms with Gasteiger partial charge in [-0.3, -0.25) is 4.79 Å². The molecule has 3 N–H and O–H groups in total. The number of hydrogen-bond acceptors (Lipinski definition) is 2. The van der Waals surface area contributed by atoms with E-state index in [4.69, 9.17) is 5.73 Å². The first-order valence-corrected chi connectivity index (χ1v) is 6.90. The van der Waals surface area contributed by atoms with E-state index in [1.54, 1.807) is 0 Å². The minimum atomic E-state index is -0.208. The normalized spacial score (nSPS) is 26.1. The first-order valence-electron chi connectivity index (χ1n) is 6.90. The van der Waals surface area contributed by atoms with Crippen LogP contribution in [0.2, 0.25) is 0 Å². The van der Waals surface area contributed by atoms with Crippen LogP contribution in [0.25, 0.3) is 0 Å². The van der Waals surface area contributed by atoms with Gasteiger partial charge in [-0.15, -0.1) is 0 Å². The van der Waals surface area contributed by atoms with E-state index < -0.39 is 0 Å². The summed E-state index contributed by atoms with van der Waals surface area (Å²) in [6.07, 6.45) is 7.76. The van der Waals surface area contributed by atoms with Crippen molar-refractivity contribution in [2.24, 2.45) is 5.73 Å². The summed E-state index contributed by atoms with van der Waals surface area (Å²) < 4.78 is 0. The first kappa shape index (κ1) is 11.8. The molecular weight excluding hydrogens is 226 g/mol. The van der Waals surface area contributed by atoms with Crippen LogP contribution in [0, 0.1) is 0 Å². The Hall–Kier alpha value is -1.29. The van der Waals surface area contributed by atoms with Gasteiger partial charge in [0.15, 0.2) is 0 Å². The molecular formula is C14H21N3O. The van der Waals surface area contributed by atoms with Gasteiger partial charge in [0, 0.05) is 30.4 Å². The Bertz CT molecular complexity index is 422. The molecule has 1 aliphatic carbocycles. The zero-order valence-corrected chi connectivity index (χ0v) is 10.7. The molecule has 1 saturated carbocycles. The Kier molecular flexibility index (Phi) is 2.90. The largest absolute Gasteiger partial charge is 0.363 e. The van der Waals surface area contributed by atoms with Gasteiger partial charge < -0.3 is 15.6 Å². The molecule has 2 fully saturated rings. The number of likely N-dealkylation sites (tertiary alicyclic amines) is 1. The molecule has 2 heterocycles. The Morgan fingerprint density at radius 3 is 2.94 bits per heavy atom. The highest BCUT2D eigenvalue weighted by Crippen LogP contribution is 2.36. The SMILES string of the molecule is NC1(CC(=O)N2CCCC2c2ccc[nH]2)CCC1. The highest BCUT2D eigenvalue weighted by atomic mass is 16.2. The predicted molar refractivity (Wildman–Crippen MR) is 69.9 cm³/mol. The van der Waals surface area contributed by atoms with Crippen molar-refractivity contribution in [1.29, 1.82) is 0 Å². The third-order valence-electron chi connectivity index (χ3n) is 4.41. The molecule has 18 heavy (non-hydrogen) atoms. The average Bonchev–Trinajstić information content (AvgIpc) is 2.97. The fraction of sp³-hybridized carbons (Fsp3) is 0.643. The molecule has 1 amide bonds. The van der Waals surface area contributed by atoms with Crippen LogP contribution in [0.3, 0.4) is 0 Å². The lowest BCUT2D eigenvalue weighted by Gasteiger charge is -2.39. The number of hydrogen-bond donors (Lipinski definition) is 2. The van der Waals surface area contributed by atoms with Crippen molar-refractivity contribution in [2.75, 3.05) is 6.54 Å². The molecule has 98 valence electrons. The molecule has 2 aliphatic rings. The minimum absolute atomic E-state index is 0.208. The standard InChI is InChI=1S/C14H21N3O/c15-14(6-3-7-14)10-13(18)17-9-2-5-12(17)11-4-1-8-16-11/h1,4,8,12,16H,2-3,5-7,9-10,15H2. The maximum atomic E-state index is 12.4. The third kappa shape index (κ3) is 2.05. The fourth-order valence-electron chi connectivity index (χ4n) is 3.15. The molecule has 1 unspecified atom stereocenters. The maximum absolute atomic E-state index is 12.4. The lowest BCUT2D eigenvalue weighted by molar-refractivity contribution is -0.134. The first-order chi connectivity index (χ1) is 8.68. The second-order valence-electron chi connectivity index (χ2n) is 5.76. The lowest BCUT2D eigenvalue weighted by atomic mass is 9.75. The van der Waals surface area contributed by atoms with Gasteiger partial charge in [0.25, 0.3) is 0 Å². The molecule has 0 radical (unpaired) electrons. The van der Waals surface area contributed by atoms with Crippen LogP contribution in [0.4, 0.5) is 0 Å². The van der Waals surface area contributed by atoms with E-state index in [-0.39, 0.29) is 17.5 Å². The number of rotatable bonds is 3. The van der Waals surface area contributed by atoms with Crippen molar-refractivity contribution in [3.8, 4) is 0 Å². The zero-order valence-electron chi connectivity index (χ0n) is 10.7. The van der Waals surface area contributed by atoms with E-state index in [2.05, 4.69) is 11.1 Å². The highest BCUT2D eigenvalue weighted by Gasteiger charge is 2.38. The molecule has 1 saturated heterocycles. The van der Waals surface area contributed by atoms with Crippen molar-refractivity contribution in [3.05, 3.63) is 24.0 Å². The molecule has 1 aliphatic heterocycles. The van der Waals surface area contributed by atoms with Crippen LogP contribution in [-0.4, -0.2) is 27.9 Å². The van der Waals surface area contributed by atoms with Gasteiger partial charge >= 0.3 is 0 Å². The lowest BCUT2D eigenvalue weighted by Crippen LogP contribution is -2.50. The number of H-pyrrole nitrogens is 1. The van der Waals surface area contributed by atoms with Crippen LogP contribution >= 0.6 is 0 Å². The number of nitrogens with two attached hydrogens (primary N) is 1. The number of carbonyl (C=O) groups is 1. The van der Waals surface area contributed by atoms with Crippen LogP contribution in [0.15, 0.2) is 18.3 Å². The summed E-state index contributed by atoms with van der Waals surface area (Å²) in [4.78, 5) is 17.6. The molecule has 1 aromatic rings. The van der Waals surface area contributed by atoms with Gasteiger partial charge in [0.05, 0.1) is 6.04 Å². The van der Waals surface area contributed by atoms with Crippen LogP contribution in [0.5, 0.6) is 0 Å². The van der Waals surface area contributed by atoms with Crippen LogP contribution in [0.1, 0.15) is 50.3 Å². The van der Waals surface area contributed by atoms with E-state index in [1.165, 1.54) is 6.42 Å². The molecule has 0 aromatic carbocycles. The fourth-order valence-corrected chi connectivity index (χ4v) is 3.15. The summed E-state index contributed by atoms with van der Waals surface area (Å²) in [5.74, 6) is 0.231. The Balaban J connectivity index is 1.69. The summed E-state index contributed by atoms with van der Waals surface area (Å²) in [6, 6.07) is 4.29. The summed E-state index contributed by atoms with van der Waals surface area (Å²) in [6.45, 7) is 0.874. The Labute approximate surface area is 108 Å². The van der Waals surface area contributed by atoms with E-state index in [9.17, 15) is 4.79 Å². The number of nitrogens with one attached hydrogen (secondary N) is 1. The summed E-state index contributed by atoms with van der Waals surface area (Å²) in [5.41, 5.74) is 7.13. The topological polar surface area (TPSA) is 62.1 Å². The van der Waals surface area contributed by atoms with Gasteiger partial charge in [-0.1, -0.05) is 0 Å². The molecule has 1 atom stereocenters. The molecule has 0 spiro atoms. The summed E-state index contributed by atoms with van der Waals surface area (Å²) >= 11 is 0. The van der Waals surface area contributed by atoms with Crippen molar-refractivity contribution < 1.29 is 4.79 Å². The molecule has 3 rings (SSSR count). The smallest absolute Gasteiger partial charge is 0.224 e. The second-order valence-corrected chi connectivity index (χ2v) is 5.76. The monoisotopic (exact) mass is 247 g/mol. The third-order valence-corrected chi connectivity index (χ3v) is 4.41.